The van der Waals surface area contributed by atoms with E-state index in [9.17, 15) is 9.18 Å². The molecule has 0 unspecified atom stereocenters. The van der Waals surface area contributed by atoms with Gasteiger partial charge in [-0.1, -0.05) is 23.9 Å². The van der Waals surface area contributed by atoms with Gasteiger partial charge in [-0.2, -0.15) is 0 Å². The van der Waals surface area contributed by atoms with E-state index in [4.69, 9.17) is 4.74 Å². The standard InChI is InChI=1S/C14H13FN2O2S/c1-2-19-13(18)11-7-16-14(17-8-11)20-9-10-3-5-12(15)6-4-10/h3-8H,2,9H2,1H3. The van der Waals surface area contributed by atoms with E-state index in [1.54, 1.807) is 19.1 Å². The summed E-state index contributed by atoms with van der Waals surface area (Å²) in [6.45, 7) is 2.06. The van der Waals surface area contributed by atoms with E-state index in [0.29, 0.717) is 23.1 Å². The molecule has 0 bridgehead atoms. The van der Waals surface area contributed by atoms with Gasteiger partial charge in [-0.15, -0.1) is 0 Å². The lowest BCUT2D eigenvalue weighted by Crippen LogP contribution is -2.05. The van der Waals surface area contributed by atoms with Crippen LogP contribution < -0.4 is 0 Å². The summed E-state index contributed by atoms with van der Waals surface area (Å²) in [6.07, 6.45) is 2.88. The molecule has 1 aromatic heterocycles. The smallest absolute Gasteiger partial charge is 0.341 e. The molecule has 1 heterocycles. The van der Waals surface area contributed by atoms with Gasteiger partial charge in [-0.25, -0.2) is 19.2 Å². The van der Waals surface area contributed by atoms with Crippen molar-refractivity contribution in [2.75, 3.05) is 6.61 Å². The Morgan fingerprint density at radius 1 is 1.25 bits per heavy atom. The van der Waals surface area contributed by atoms with E-state index in [2.05, 4.69) is 9.97 Å². The number of carbonyl (C=O) groups excluding carboxylic acids is 1. The summed E-state index contributed by atoms with van der Waals surface area (Å²) in [6, 6.07) is 6.27. The van der Waals surface area contributed by atoms with Crippen LogP contribution in [0, 0.1) is 5.82 Å². The van der Waals surface area contributed by atoms with Crippen LogP contribution in [0.5, 0.6) is 0 Å². The Bertz CT molecular complexity index is 573. The molecule has 0 aliphatic rings. The number of benzene rings is 1. The van der Waals surface area contributed by atoms with Crippen LogP contribution in [-0.4, -0.2) is 22.5 Å². The molecule has 0 saturated heterocycles. The summed E-state index contributed by atoms with van der Waals surface area (Å²) in [5.74, 6) is -0.0460. The fourth-order valence-corrected chi connectivity index (χ4v) is 2.18. The molecule has 0 N–H and O–H groups in total. The molecule has 6 heteroatoms. The minimum absolute atomic E-state index is 0.256. The predicted molar refractivity (Wildman–Crippen MR) is 73.9 cm³/mol. The highest BCUT2D eigenvalue weighted by molar-refractivity contribution is 7.98. The van der Waals surface area contributed by atoms with Crippen molar-refractivity contribution in [3.05, 3.63) is 53.6 Å². The fraction of sp³-hybridized carbons (Fsp3) is 0.214. The molecule has 0 amide bonds. The maximum absolute atomic E-state index is 12.8. The second-order valence-corrected chi connectivity index (χ2v) is 4.83. The Labute approximate surface area is 120 Å². The Balaban J connectivity index is 1.93. The molecule has 0 fully saturated rings. The molecule has 4 nitrogen and oxygen atoms in total. The zero-order valence-corrected chi connectivity index (χ0v) is 11.7. The number of hydrogen-bond donors (Lipinski definition) is 0. The molecule has 1 aromatic carbocycles. The van der Waals surface area contributed by atoms with Crippen molar-refractivity contribution in [3.63, 3.8) is 0 Å². The van der Waals surface area contributed by atoms with Gasteiger partial charge in [-0.05, 0) is 24.6 Å². The molecule has 0 aliphatic heterocycles. The first kappa shape index (κ1) is 14.5. The first-order chi connectivity index (χ1) is 9.69. The normalized spacial score (nSPS) is 10.3. The number of nitrogens with zero attached hydrogens (tertiary/aromatic N) is 2. The second kappa shape index (κ2) is 7.00. The number of rotatable bonds is 5. The van der Waals surface area contributed by atoms with Crippen molar-refractivity contribution < 1.29 is 13.9 Å². The lowest BCUT2D eigenvalue weighted by molar-refractivity contribution is 0.0525. The van der Waals surface area contributed by atoms with Crippen LogP contribution in [0.15, 0.2) is 41.8 Å². The number of ether oxygens (including phenoxy) is 1. The van der Waals surface area contributed by atoms with Crippen LogP contribution >= 0.6 is 11.8 Å². The SMILES string of the molecule is CCOC(=O)c1cnc(SCc2ccc(F)cc2)nc1. The van der Waals surface area contributed by atoms with Crippen LogP contribution in [-0.2, 0) is 10.5 Å². The molecule has 0 aliphatic carbocycles. The van der Waals surface area contributed by atoms with Gasteiger partial charge in [0.2, 0.25) is 0 Å². The van der Waals surface area contributed by atoms with E-state index in [1.165, 1.54) is 36.3 Å². The number of aromatic nitrogens is 2. The maximum Gasteiger partial charge on any atom is 0.341 e. The van der Waals surface area contributed by atoms with Crippen LogP contribution in [0.3, 0.4) is 0 Å². The molecule has 104 valence electrons. The number of halogens is 1. The average Bonchev–Trinajstić information content (AvgIpc) is 2.47. The summed E-state index contributed by atoms with van der Waals surface area (Å²) in [7, 11) is 0. The van der Waals surface area contributed by atoms with Crippen LogP contribution in [0.1, 0.15) is 22.8 Å². The molecular weight excluding hydrogens is 279 g/mol. The lowest BCUT2D eigenvalue weighted by Gasteiger charge is -2.03. The summed E-state index contributed by atoms with van der Waals surface area (Å²) < 4.78 is 17.6. The summed E-state index contributed by atoms with van der Waals surface area (Å²) in [5, 5.41) is 0.558. The Morgan fingerprint density at radius 2 is 1.90 bits per heavy atom. The van der Waals surface area contributed by atoms with Gasteiger partial charge in [0.15, 0.2) is 5.16 Å². The molecule has 0 radical (unpaired) electrons. The summed E-state index contributed by atoms with van der Waals surface area (Å²) in [4.78, 5) is 19.6. The van der Waals surface area contributed by atoms with Crippen molar-refractivity contribution in [3.8, 4) is 0 Å². The van der Waals surface area contributed by atoms with E-state index in [1.807, 2.05) is 0 Å². The maximum atomic E-state index is 12.8. The van der Waals surface area contributed by atoms with Gasteiger partial charge in [0.25, 0.3) is 0 Å². The molecule has 2 rings (SSSR count). The van der Waals surface area contributed by atoms with Crippen molar-refractivity contribution in [1.82, 2.24) is 9.97 Å². The van der Waals surface area contributed by atoms with Gasteiger partial charge in [0.05, 0.1) is 12.2 Å². The largest absolute Gasteiger partial charge is 0.462 e. The molecule has 2 aromatic rings. The van der Waals surface area contributed by atoms with Gasteiger partial charge in [-0.3, -0.25) is 0 Å². The third-order valence-corrected chi connectivity index (χ3v) is 3.37. The van der Waals surface area contributed by atoms with Crippen LogP contribution in [0.2, 0.25) is 0 Å². The van der Waals surface area contributed by atoms with Gasteiger partial charge >= 0.3 is 5.97 Å². The van der Waals surface area contributed by atoms with Crippen molar-refractivity contribution in [2.45, 2.75) is 17.8 Å². The predicted octanol–water partition coefficient (Wildman–Crippen LogP) is 3.08. The fourth-order valence-electron chi connectivity index (χ4n) is 1.44. The zero-order valence-electron chi connectivity index (χ0n) is 10.9. The van der Waals surface area contributed by atoms with E-state index in [-0.39, 0.29) is 5.82 Å². The zero-order chi connectivity index (χ0) is 14.4. The lowest BCUT2D eigenvalue weighted by atomic mass is 10.2. The topological polar surface area (TPSA) is 52.1 Å². The highest BCUT2D eigenvalue weighted by atomic mass is 32.2. The van der Waals surface area contributed by atoms with Crippen LogP contribution in [0.25, 0.3) is 0 Å². The number of carbonyl (C=O) groups is 1. The van der Waals surface area contributed by atoms with E-state index < -0.39 is 5.97 Å². The minimum Gasteiger partial charge on any atom is -0.462 e. The third kappa shape index (κ3) is 4.03. The number of esters is 1. The van der Waals surface area contributed by atoms with Crippen molar-refractivity contribution in [1.29, 1.82) is 0 Å². The molecule has 20 heavy (non-hydrogen) atoms. The van der Waals surface area contributed by atoms with Gasteiger partial charge in [0, 0.05) is 18.1 Å². The Kier molecular flexibility index (Phi) is 5.06. The quantitative estimate of drug-likeness (QED) is 0.481. The summed E-state index contributed by atoms with van der Waals surface area (Å²) >= 11 is 1.42. The Morgan fingerprint density at radius 3 is 2.50 bits per heavy atom. The Hall–Kier alpha value is -1.95. The summed E-state index contributed by atoms with van der Waals surface area (Å²) in [5.41, 5.74) is 1.31. The van der Waals surface area contributed by atoms with Gasteiger partial charge in [0.1, 0.15) is 5.82 Å². The number of thioether (sulfide) groups is 1. The molecule has 0 atom stereocenters. The number of hydrogen-bond acceptors (Lipinski definition) is 5. The molecular formula is C14H13FN2O2S. The monoisotopic (exact) mass is 292 g/mol. The van der Waals surface area contributed by atoms with Crippen molar-refractivity contribution in [2.24, 2.45) is 0 Å². The molecule has 0 saturated carbocycles. The van der Waals surface area contributed by atoms with E-state index in [0.717, 1.165) is 5.56 Å². The highest BCUT2D eigenvalue weighted by Crippen LogP contribution is 2.19. The van der Waals surface area contributed by atoms with E-state index >= 15 is 0 Å². The van der Waals surface area contributed by atoms with Crippen LogP contribution in [0.4, 0.5) is 4.39 Å². The molecule has 0 spiro atoms. The first-order valence-corrected chi connectivity index (χ1v) is 7.04. The average molecular weight is 292 g/mol. The highest BCUT2D eigenvalue weighted by Gasteiger charge is 2.08. The first-order valence-electron chi connectivity index (χ1n) is 6.05. The third-order valence-electron chi connectivity index (χ3n) is 2.42. The second-order valence-electron chi connectivity index (χ2n) is 3.89. The minimum atomic E-state index is -0.428. The van der Waals surface area contributed by atoms with Crippen molar-refractivity contribution >= 4 is 17.7 Å². The van der Waals surface area contributed by atoms with Gasteiger partial charge < -0.3 is 4.74 Å².